The van der Waals surface area contributed by atoms with E-state index in [0.29, 0.717) is 5.56 Å². The molecule has 0 aliphatic heterocycles. The van der Waals surface area contributed by atoms with Gasteiger partial charge in [-0.3, -0.25) is 0 Å². The molecule has 1 nitrogen and oxygen atoms in total. The van der Waals surface area contributed by atoms with Crippen LogP contribution in [0.4, 0.5) is 8.78 Å². The summed E-state index contributed by atoms with van der Waals surface area (Å²) in [6.45, 7) is 1.54. The number of hydrogen-bond acceptors (Lipinski definition) is 1. The van der Waals surface area contributed by atoms with Crippen LogP contribution in [0.15, 0.2) is 45.3 Å². The van der Waals surface area contributed by atoms with Crippen molar-refractivity contribution in [2.24, 2.45) is 0 Å². The fraction of sp³-hybridized carbons (Fsp3) is 0.200. The third-order valence-corrected chi connectivity index (χ3v) is 4.27. The van der Waals surface area contributed by atoms with Crippen molar-refractivity contribution in [3.8, 4) is 0 Å². The Balaban J connectivity index is 2.38. The first-order valence-electron chi connectivity index (χ1n) is 5.92. The molecule has 0 aliphatic carbocycles. The van der Waals surface area contributed by atoms with Crippen LogP contribution in [0.2, 0.25) is 0 Å². The van der Waals surface area contributed by atoms with Gasteiger partial charge in [-0.15, -0.1) is 0 Å². The Hall–Kier alpha value is -0.780. The zero-order valence-electron chi connectivity index (χ0n) is 10.6. The predicted molar refractivity (Wildman–Crippen MR) is 81.5 cm³/mol. The number of hydrogen-bond donors (Lipinski definition) is 1. The fourth-order valence-electron chi connectivity index (χ4n) is 1.99. The lowest BCUT2D eigenvalue weighted by Gasteiger charge is -2.24. The Labute approximate surface area is 132 Å². The summed E-state index contributed by atoms with van der Waals surface area (Å²) in [4.78, 5) is 0. The van der Waals surface area contributed by atoms with Crippen LogP contribution in [0.1, 0.15) is 18.1 Å². The van der Waals surface area contributed by atoms with Crippen LogP contribution in [0, 0.1) is 11.6 Å². The van der Waals surface area contributed by atoms with E-state index in [1.165, 1.54) is 19.1 Å². The zero-order chi connectivity index (χ0) is 14.9. The van der Waals surface area contributed by atoms with Crippen LogP contribution >= 0.6 is 31.9 Å². The summed E-state index contributed by atoms with van der Waals surface area (Å²) < 4.78 is 28.8. The first kappa shape index (κ1) is 15.6. The molecule has 0 saturated heterocycles. The molecule has 0 heterocycles. The average Bonchev–Trinajstić information content (AvgIpc) is 2.40. The van der Waals surface area contributed by atoms with E-state index in [9.17, 15) is 13.9 Å². The highest BCUT2D eigenvalue weighted by molar-refractivity contribution is 9.10. The van der Waals surface area contributed by atoms with Crippen molar-refractivity contribution in [1.82, 2.24) is 0 Å². The monoisotopic (exact) mass is 404 g/mol. The maximum Gasteiger partial charge on any atom is 0.143 e. The molecule has 0 spiro atoms. The molecule has 2 aromatic carbocycles. The van der Waals surface area contributed by atoms with Crippen LogP contribution in [0.25, 0.3) is 0 Å². The summed E-state index contributed by atoms with van der Waals surface area (Å²) in [5.74, 6) is -1.34. The highest BCUT2D eigenvalue weighted by Gasteiger charge is 2.27. The Morgan fingerprint density at radius 1 is 1.05 bits per heavy atom. The number of aliphatic hydroxyl groups is 1. The fourth-order valence-corrected chi connectivity index (χ4v) is 2.62. The summed E-state index contributed by atoms with van der Waals surface area (Å²) in [5, 5.41) is 10.5. The molecule has 20 heavy (non-hydrogen) atoms. The quantitative estimate of drug-likeness (QED) is 0.717. The lowest BCUT2D eigenvalue weighted by Crippen LogP contribution is -2.25. The van der Waals surface area contributed by atoms with Gasteiger partial charge in [0.2, 0.25) is 0 Å². The molecule has 2 aromatic rings. The zero-order valence-corrected chi connectivity index (χ0v) is 13.8. The van der Waals surface area contributed by atoms with Gasteiger partial charge in [-0.2, -0.15) is 0 Å². The number of rotatable bonds is 3. The molecule has 0 bridgehead atoms. The third kappa shape index (κ3) is 3.27. The molecule has 0 fully saturated rings. The second kappa shape index (κ2) is 5.92. The Kier molecular flexibility index (Phi) is 4.62. The van der Waals surface area contributed by atoms with E-state index in [1.807, 2.05) is 0 Å². The Morgan fingerprint density at radius 3 is 2.25 bits per heavy atom. The van der Waals surface area contributed by atoms with Crippen LogP contribution < -0.4 is 0 Å². The normalized spacial score (nSPS) is 14.1. The lowest BCUT2D eigenvalue weighted by atomic mass is 9.89. The van der Waals surface area contributed by atoms with E-state index < -0.39 is 17.2 Å². The summed E-state index contributed by atoms with van der Waals surface area (Å²) in [5.41, 5.74) is -0.893. The Morgan fingerprint density at radius 2 is 1.65 bits per heavy atom. The van der Waals surface area contributed by atoms with Gasteiger partial charge in [0, 0.05) is 16.5 Å². The van der Waals surface area contributed by atoms with Crippen LogP contribution in [0.3, 0.4) is 0 Å². The third-order valence-electron chi connectivity index (χ3n) is 3.13. The van der Waals surface area contributed by atoms with E-state index in [-0.39, 0.29) is 16.5 Å². The van der Waals surface area contributed by atoms with Gasteiger partial charge in [-0.25, -0.2) is 8.78 Å². The molecule has 1 atom stereocenters. The largest absolute Gasteiger partial charge is 0.385 e. The van der Waals surface area contributed by atoms with Crippen molar-refractivity contribution < 1.29 is 13.9 Å². The van der Waals surface area contributed by atoms with Gasteiger partial charge in [0.05, 0.1) is 10.1 Å². The second-order valence-electron chi connectivity index (χ2n) is 4.78. The molecule has 1 unspecified atom stereocenters. The summed E-state index contributed by atoms with van der Waals surface area (Å²) in [6, 6.07) is 9.48. The van der Waals surface area contributed by atoms with Crippen molar-refractivity contribution in [3.05, 3.63) is 68.1 Å². The second-order valence-corrected chi connectivity index (χ2v) is 6.55. The van der Waals surface area contributed by atoms with Gasteiger partial charge >= 0.3 is 0 Å². The average molecular weight is 406 g/mol. The van der Waals surface area contributed by atoms with E-state index in [2.05, 4.69) is 31.9 Å². The number of halogens is 4. The molecule has 0 aliphatic rings. The smallest absolute Gasteiger partial charge is 0.143 e. The van der Waals surface area contributed by atoms with Gasteiger partial charge < -0.3 is 5.11 Å². The lowest BCUT2D eigenvalue weighted by molar-refractivity contribution is 0.0556. The maximum absolute atomic E-state index is 14.0. The molecular formula is C15H12Br2F2O. The first-order valence-corrected chi connectivity index (χ1v) is 7.50. The predicted octanol–water partition coefficient (Wildman–Crippen LogP) is 4.94. The van der Waals surface area contributed by atoms with Crippen LogP contribution in [0.5, 0.6) is 0 Å². The van der Waals surface area contributed by atoms with Gasteiger partial charge in [-0.05, 0) is 52.7 Å². The summed E-state index contributed by atoms with van der Waals surface area (Å²) >= 11 is 6.33. The van der Waals surface area contributed by atoms with Crippen LogP contribution in [-0.4, -0.2) is 5.11 Å². The molecule has 1 N–H and O–H groups in total. The van der Waals surface area contributed by atoms with Crippen molar-refractivity contribution >= 4 is 31.9 Å². The van der Waals surface area contributed by atoms with Gasteiger partial charge in [-0.1, -0.05) is 28.1 Å². The summed E-state index contributed by atoms with van der Waals surface area (Å²) in [7, 11) is 0. The standard InChI is InChI=1S/C15H12Br2F2O/c1-15(20,9-2-4-10(16)5-3-9)8-11-13(18)7-6-12(17)14(11)19/h2-7,20H,8H2,1H3. The topological polar surface area (TPSA) is 20.2 Å². The van der Waals surface area contributed by atoms with Crippen LogP contribution in [-0.2, 0) is 12.0 Å². The minimum Gasteiger partial charge on any atom is -0.385 e. The molecule has 106 valence electrons. The van der Waals surface area contributed by atoms with E-state index in [4.69, 9.17) is 0 Å². The minimum absolute atomic E-state index is 0.132. The SMILES string of the molecule is CC(O)(Cc1c(F)ccc(Br)c1F)c1ccc(Br)cc1. The van der Waals surface area contributed by atoms with E-state index >= 15 is 0 Å². The van der Waals surface area contributed by atoms with Crippen molar-refractivity contribution in [2.75, 3.05) is 0 Å². The minimum atomic E-state index is -1.36. The van der Waals surface area contributed by atoms with Crippen molar-refractivity contribution in [1.29, 1.82) is 0 Å². The summed E-state index contributed by atoms with van der Waals surface area (Å²) in [6.07, 6.45) is -0.147. The maximum atomic E-state index is 14.0. The highest BCUT2D eigenvalue weighted by Crippen LogP contribution is 2.30. The first-order chi connectivity index (χ1) is 9.31. The molecular weight excluding hydrogens is 394 g/mol. The van der Waals surface area contributed by atoms with Crippen molar-refractivity contribution in [3.63, 3.8) is 0 Å². The molecule has 5 heteroatoms. The van der Waals surface area contributed by atoms with Gasteiger partial charge in [0.25, 0.3) is 0 Å². The highest BCUT2D eigenvalue weighted by atomic mass is 79.9. The molecule has 0 radical (unpaired) electrons. The Bertz CT molecular complexity index is 625. The molecule has 2 rings (SSSR count). The van der Waals surface area contributed by atoms with E-state index in [1.54, 1.807) is 24.3 Å². The molecule has 0 amide bonds. The van der Waals surface area contributed by atoms with E-state index in [0.717, 1.165) is 4.47 Å². The van der Waals surface area contributed by atoms with Crippen molar-refractivity contribution in [2.45, 2.75) is 18.9 Å². The van der Waals surface area contributed by atoms with Gasteiger partial charge in [0.15, 0.2) is 0 Å². The molecule has 0 aromatic heterocycles. The number of benzene rings is 2. The molecule has 0 saturated carbocycles. The van der Waals surface area contributed by atoms with Gasteiger partial charge in [0.1, 0.15) is 11.6 Å².